The van der Waals surface area contributed by atoms with Crippen molar-refractivity contribution in [3.05, 3.63) is 12.2 Å². The lowest BCUT2D eigenvalue weighted by Gasteiger charge is -2.27. The molecule has 0 aromatic rings. The SMILES string of the molecule is C=C(C)C(=O)OCC(=O)N1C(=O)CCCCC1OC(C)=O. The molecular formula is C14H19NO6. The van der Waals surface area contributed by atoms with Crippen molar-refractivity contribution in [2.24, 2.45) is 0 Å². The van der Waals surface area contributed by atoms with Gasteiger partial charge in [0.25, 0.3) is 5.91 Å². The maximum Gasteiger partial charge on any atom is 0.333 e. The molecule has 0 aliphatic carbocycles. The van der Waals surface area contributed by atoms with Gasteiger partial charge >= 0.3 is 11.9 Å². The molecule has 0 N–H and O–H groups in total. The summed E-state index contributed by atoms with van der Waals surface area (Å²) >= 11 is 0. The Bertz CT molecular complexity index is 470. The van der Waals surface area contributed by atoms with Crippen LogP contribution in [0.25, 0.3) is 0 Å². The molecule has 0 spiro atoms. The number of amides is 2. The van der Waals surface area contributed by atoms with Crippen LogP contribution in [0.4, 0.5) is 0 Å². The largest absolute Gasteiger partial charge is 0.452 e. The Kier molecular flexibility index (Phi) is 6.08. The number of rotatable bonds is 4. The Morgan fingerprint density at radius 3 is 2.52 bits per heavy atom. The van der Waals surface area contributed by atoms with Gasteiger partial charge in [-0.3, -0.25) is 14.4 Å². The summed E-state index contributed by atoms with van der Waals surface area (Å²) in [6.07, 6.45) is 0.919. The number of carbonyl (C=O) groups excluding carboxylic acids is 4. The second-order valence-electron chi connectivity index (χ2n) is 4.82. The first-order chi connectivity index (χ1) is 9.82. The van der Waals surface area contributed by atoms with E-state index in [4.69, 9.17) is 9.47 Å². The van der Waals surface area contributed by atoms with Crippen molar-refractivity contribution in [1.82, 2.24) is 4.90 Å². The van der Waals surface area contributed by atoms with Crippen LogP contribution in [0.2, 0.25) is 0 Å². The predicted molar refractivity (Wildman–Crippen MR) is 71.6 cm³/mol. The average molecular weight is 297 g/mol. The van der Waals surface area contributed by atoms with Crippen LogP contribution < -0.4 is 0 Å². The van der Waals surface area contributed by atoms with E-state index < -0.39 is 36.6 Å². The molecule has 0 radical (unpaired) electrons. The quantitative estimate of drug-likeness (QED) is 0.566. The molecule has 0 aromatic heterocycles. The summed E-state index contributed by atoms with van der Waals surface area (Å²) in [5.74, 6) is -2.43. The maximum atomic E-state index is 12.1. The summed E-state index contributed by atoms with van der Waals surface area (Å²) in [6.45, 7) is 5.46. The molecule has 116 valence electrons. The zero-order chi connectivity index (χ0) is 16.0. The number of esters is 2. The normalized spacial score (nSPS) is 18.7. The van der Waals surface area contributed by atoms with Crippen LogP contribution in [0.1, 0.15) is 39.5 Å². The lowest BCUT2D eigenvalue weighted by molar-refractivity contribution is -0.172. The van der Waals surface area contributed by atoms with Crippen LogP contribution in [0.15, 0.2) is 12.2 Å². The third kappa shape index (κ3) is 5.02. The fourth-order valence-corrected chi connectivity index (χ4v) is 1.93. The highest BCUT2D eigenvalue weighted by Gasteiger charge is 2.33. The zero-order valence-corrected chi connectivity index (χ0v) is 12.2. The van der Waals surface area contributed by atoms with Crippen molar-refractivity contribution in [1.29, 1.82) is 0 Å². The van der Waals surface area contributed by atoms with Crippen LogP contribution in [-0.4, -0.2) is 41.5 Å². The van der Waals surface area contributed by atoms with Crippen molar-refractivity contribution in [2.75, 3.05) is 6.61 Å². The predicted octanol–water partition coefficient (Wildman–Crippen LogP) is 0.924. The molecule has 1 saturated heterocycles. The molecule has 1 rings (SSSR count). The molecule has 1 atom stereocenters. The Balaban J connectivity index is 2.78. The minimum Gasteiger partial charge on any atom is -0.452 e. The van der Waals surface area contributed by atoms with Crippen molar-refractivity contribution < 1.29 is 28.7 Å². The van der Waals surface area contributed by atoms with Gasteiger partial charge in [-0.2, -0.15) is 0 Å². The fourth-order valence-electron chi connectivity index (χ4n) is 1.93. The van der Waals surface area contributed by atoms with Crippen molar-refractivity contribution in [3.8, 4) is 0 Å². The van der Waals surface area contributed by atoms with Gasteiger partial charge in [-0.25, -0.2) is 9.69 Å². The monoisotopic (exact) mass is 297 g/mol. The molecule has 21 heavy (non-hydrogen) atoms. The summed E-state index contributed by atoms with van der Waals surface area (Å²) in [4.78, 5) is 47.3. The number of imide groups is 1. The maximum absolute atomic E-state index is 12.1. The van der Waals surface area contributed by atoms with Gasteiger partial charge in [-0.05, 0) is 19.8 Å². The van der Waals surface area contributed by atoms with Gasteiger partial charge in [0.05, 0.1) is 0 Å². The summed E-state index contributed by atoms with van der Waals surface area (Å²) in [6, 6.07) is 0. The lowest BCUT2D eigenvalue weighted by atomic mass is 10.2. The van der Waals surface area contributed by atoms with Gasteiger partial charge < -0.3 is 9.47 Å². The first kappa shape index (κ1) is 16.9. The highest BCUT2D eigenvalue weighted by Crippen LogP contribution is 2.19. The van der Waals surface area contributed by atoms with Gasteiger partial charge in [0, 0.05) is 25.3 Å². The van der Waals surface area contributed by atoms with E-state index in [0.717, 1.165) is 4.90 Å². The highest BCUT2D eigenvalue weighted by atomic mass is 16.6. The Hall–Kier alpha value is -2.18. The lowest BCUT2D eigenvalue weighted by Crippen LogP contribution is -2.47. The Labute approximate surface area is 122 Å². The van der Waals surface area contributed by atoms with Crippen LogP contribution >= 0.6 is 0 Å². The van der Waals surface area contributed by atoms with E-state index in [1.165, 1.54) is 13.8 Å². The number of hydrogen-bond acceptors (Lipinski definition) is 6. The molecule has 2 amide bonds. The second kappa shape index (κ2) is 7.56. The molecule has 0 saturated carbocycles. The smallest absolute Gasteiger partial charge is 0.333 e. The first-order valence-corrected chi connectivity index (χ1v) is 6.67. The molecule has 1 heterocycles. The molecule has 1 fully saturated rings. The second-order valence-corrected chi connectivity index (χ2v) is 4.82. The minimum absolute atomic E-state index is 0.154. The summed E-state index contributed by atoms with van der Waals surface area (Å²) < 4.78 is 9.76. The summed E-state index contributed by atoms with van der Waals surface area (Å²) in [5, 5.41) is 0. The van der Waals surface area contributed by atoms with Crippen LogP contribution in [0.3, 0.4) is 0 Å². The molecule has 1 aliphatic rings. The molecule has 7 nitrogen and oxygen atoms in total. The zero-order valence-electron chi connectivity index (χ0n) is 12.2. The Morgan fingerprint density at radius 1 is 1.29 bits per heavy atom. The highest BCUT2D eigenvalue weighted by molar-refractivity contribution is 5.97. The minimum atomic E-state index is -0.937. The molecule has 1 aliphatic heterocycles. The third-order valence-electron chi connectivity index (χ3n) is 2.89. The van der Waals surface area contributed by atoms with Gasteiger partial charge in [-0.15, -0.1) is 0 Å². The van der Waals surface area contributed by atoms with Crippen molar-refractivity contribution >= 4 is 23.8 Å². The molecule has 1 unspecified atom stereocenters. The first-order valence-electron chi connectivity index (χ1n) is 6.67. The van der Waals surface area contributed by atoms with E-state index in [0.29, 0.717) is 19.3 Å². The van der Waals surface area contributed by atoms with E-state index in [2.05, 4.69) is 6.58 Å². The van der Waals surface area contributed by atoms with E-state index in [1.807, 2.05) is 0 Å². The number of likely N-dealkylation sites (tertiary alicyclic amines) is 1. The average Bonchev–Trinajstić information content (AvgIpc) is 2.56. The van der Waals surface area contributed by atoms with E-state index in [9.17, 15) is 19.2 Å². The van der Waals surface area contributed by atoms with E-state index in [-0.39, 0.29) is 12.0 Å². The van der Waals surface area contributed by atoms with Crippen LogP contribution in [0.5, 0.6) is 0 Å². The van der Waals surface area contributed by atoms with E-state index >= 15 is 0 Å². The topological polar surface area (TPSA) is 90.0 Å². The number of hydrogen-bond donors (Lipinski definition) is 0. The summed E-state index contributed by atoms with van der Waals surface area (Å²) in [7, 11) is 0. The number of carbonyl (C=O) groups is 4. The Morgan fingerprint density at radius 2 is 1.95 bits per heavy atom. The molecule has 0 aromatic carbocycles. The van der Waals surface area contributed by atoms with Crippen LogP contribution in [-0.2, 0) is 28.7 Å². The summed E-state index contributed by atoms with van der Waals surface area (Å²) in [5.41, 5.74) is 0.154. The standard InChI is InChI=1S/C14H19NO6/c1-9(2)14(19)20-8-12(18)15-11(17)6-4-5-7-13(15)21-10(3)16/h13H,1,4-8H2,2-3H3. The molecular weight excluding hydrogens is 278 g/mol. The third-order valence-corrected chi connectivity index (χ3v) is 2.89. The fraction of sp³-hybridized carbons (Fsp3) is 0.571. The molecule has 0 bridgehead atoms. The molecule has 7 heteroatoms. The van der Waals surface area contributed by atoms with Crippen molar-refractivity contribution in [2.45, 2.75) is 45.8 Å². The van der Waals surface area contributed by atoms with Crippen LogP contribution in [0, 0.1) is 0 Å². The van der Waals surface area contributed by atoms with E-state index in [1.54, 1.807) is 0 Å². The number of nitrogens with zero attached hydrogens (tertiary/aromatic N) is 1. The van der Waals surface area contributed by atoms with Gasteiger partial charge in [0.2, 0.25) is 5.91 Å². The van der Waals surface area contributed by atoms with Gasteiger partial charge in [0.15, 0.2) is 12.8 Å². The van der Waals surface area contributed by atoms with Crippen molar-refractivity contribution in [3.63, 3.8) is 0 Å². The van der Waals surface area contributed by atoms with Gasteiger partial charge in [0.1, 0.15) is 0 Å². The van der Waals surface area contributed by atoms with Gasteiger partial charge in [-0.1, -0.05) is 6.58 Å². The number of ether oxygens (including phenoxy) is 2.